The van der Waals surface area contributed by atoms with Crippen LogP contribution in [0, 0.1) is 0 Å². The van der Waals surface area contributed by atoms with E-state index in [4.69, 9.17) is 15.3 Å². The van der Waals surface area contributed by atoms with Crippen molar-refractivity contribution in [3.63, 3.8) is 0 Å². The predicted molar refractivity (Wildman–Crippen MR) is 78.0 cm³/mol. The van der Waals surface area contributed by atoms with Crippen molar-refractivity contribution in [2.24, 2.45) is 5.84 Å². The highest BCUT2D eigenvalue weighted by molar-refractivity contribution is 5.36. The minimum absolute atomic E-state index is 0.0887. The molecule has 0 aliphatic carbocycles. The van der Waals surface area contributed by atoms with Crippen LogP contribution in [0.5, 0.6) is 5.75 Å². The van der Waals surface area contributed by atoms with Gasteiger partial charge < -0.3 is 9.47 Å². The second kappa shape index (κ2) is 6.89. The van der Waals surface area contributed by atoms with Gasteiger partial charge in [0.15, 0.2) is 0 Å². The van der Waals surface area contributed by atoms with Gasteiger partial charge in [-0.3, -0.25) is 11.3 Å². The van der Waals surface area contributed by atoms with E-state index >= 15 is 0 Å². The molecule has 0 saturated heterocycles. The summed E-state index contributed by atoms with van der Waals surface area (Å²) >= 11 is 0. The molecule has 3 N–H and O–H groups in total. The molecule has 0 aromatic heterocycles. The van der Waals surface area contributed by atoms with Gasteiger partial charge in [-0.25, -0.2) is 0 Å². The lowest BCUT2D eigenvalue weighted by atomic mass is 10.1. The summed E-state index contributed by atoms with van der Waals surface area (Å²) in [4.78, 5) is 0. The molecule has 0 radical (unpaired) electrons. The number of hydrogen-bond acceptors (Lipinski definition) is 4. The second-order valence-corrected chi connectivity index (χ2v) is 5.85. The van der Waals surface area contributed by atoms with Gasteiger partial charge in [0, 0.05) is 5.56 Å². The zero-order valence-corrected chi connectivity index (χ0v) is 12.6. The van der Waals surface area contributed by atoms with Gasteiger partial charge in [0.1, 0.15) is 5.75 Å². The molecule has 0 spiro atoms. The van der Waals surface area contributed by atoms with E-state index in [0.29, 0.717) is 6.61 Å². The number of benzene rings is 1. The molecule has 108 valence electrons. The van der Waals surface area contributed by atoms with Crippen LogP contribution in [0.1, 0.15) is 46.2 Å². The molecule has 0 aliphatic heterocycles. The van der Waals surface area contributed by atoms with Crippen LogP contribution in [-0.4, -0.2) is 18.3 Å². The van der Waals surface area contributed by atoms with Crippen LogP contribution in [0.2, 0.25) is 0 Å². The molecule has 1 rings (SSSR count). The van der Waals surface area contributed by atoms with Gasteiger partial charge in [0.25, 0.3) is 0 Å². The fourth-order valence-electron chi connectivity index (χ4n) is 1.69. The molecule has 1 aromatic rings. The molecule has 1 unspecified atom stereocenters. The molecule has 0 saturated carbocycles. The fourth-order valence-corrected chi connectivity index (χ4v) is 1.69. The van der Waals surface area contributed by atoms with E-state index in [9.17, 15) is 0 Å². The van der Waals surface area contributed by atoms with Crippen molar-refractivity contribution in [2.75, 3.05) is 6.61 Å². The number of hydrazine groups is 1. The highest BCUT2D eigenvalue weighted by Crippen LogP contribution is 2.26. The van der Waals surface area contributed by atoms with Crippen LogP contribution in [0.4, 0.5) is 0 Å². The highest BCUT2D eigenvalue weighted by Gasteiger charge is 2.19. The van der Waals surface area contributed by atoms with Gasteiger partial charge in [-0.15, -0.1) is 0 Å². The zero-order chi connectivity index (χ0) is 14.5. The Bertz CT molecular complexity index is 386. The van der Waals surface area contributed by atoms with E-state index in [1.807, 2.05) is 58.9 Å². The fraction of sp³-hybridized carbons (Fsp3) is 0.600. The molecule has 0 fully saturated rings. The standard InChI is InChI=1S/C15H26N2O2/c1-11(2)19-14-9-7-6-8-12(14)13(17-16)10-18-15(3,4)5/h6-9,11,13,17H,10,16H2,1-5H3. The number of rotatable bonds is 6. The van der Waals surface area contributed by atoms with E-state index in [0.717, 1.165) is 11.3 Å². The monoisotopic (exact) mass is 266 g/mol. The second-order valence-electron chi connectivity index (χ2n) is 5.85. The molecule has 1 atom stereocenters. The van der Waals surface area contributed by atoms with E-state index in [1.165, 1.54) is 0 Å². The van der Waals surface area contributed by atoms with Crippen LogP contribution in [-0.2, 0) is 4.74 Å². The Morgan fingerprint density at radius 1 is 1.21 bits per heavy atom. The van der Waals surface area contributed by atoms with E-state index in [1.54, 1.807) is 0 Å². The molecular weight excluding hydrogens is 240 g/mol. The molecule has 0 aliphatic rings. The normalized spacial score (nSPS) is 13.6. The summed E-state index contributed by atoms with van der Waals surface area (Å²) in [5.74, 6) is 6.49. The quantitative estimate of drug-likeness (QED) is 0.614. The maximum absolute atomic E-state index is 5.81. The Morgan fingerprint density at radius 2 is 1.84 bits per heavy atom. The molecule has 4 heteroatoms. The van der Waals surface area contributed by atoms with E-state index in [-0.39, 0.29) is 17.7 Å². The summed E-state index contributed by atoms with van der Waals surface area (Å²) < 4.78 is 11.6. The summed E-state index contributed by atoms with van der Waals surface area (Å²) in [5, 5.41) is 0. The molecule has 1 aromatic carbocycles. The molecule has 0 amide bonds. The lowest BCUT2D eigenvalue weighted by Crippen LogP contribution is -2.34. The van der Waals surface area contributed by atoms with Crippen LogP contribution < -0.4 is 16.0 Å². The van der Waals surface area contributed by atoms with Crippen LogP contribution in [0.25, 0.3) is 0 Å². The van der Waals surface area contributed by atoms with Crippen molar-refractivity contribution in [3.8, 4) is 5.75 Å². The Hall–Kier alpha value is -1.10. The van der Waals surface area contributed by atoms with Gasteiger partial charge in [-0.05, 0) is 40.7 Å². The largest absolute Gasteiger partial charge is 0.491 e. The smallest absolute Gasteiger partial charge is 0.124 e. The first-order valence-electron chi connectivity index (χ1n) is 6.69. The third-order valence-corrected chi connectivity index (χ3v) is 2.54. The van der Waals surface area contributed by atoms with Gasteiger partial charge in [-0.2, -0.15) is 0 Å². The van der Waals surface area contributed by atoms with Gasteiger partial charge in [0.2, 0.25) is 0 Å². The highest BCUT2D eigenvalue weighted by atomic mass is 16.5. The van der Waals surface area contributed by atoms with E-state index < -0.39 is 0 Å². The third kappa shape index (κ3) is 5.59. The van der Waals surface area contributed by atoms with Crippen LogP contribution in [0.3, 0.4) is 0 Å². The first kappa shape index (κ1) is 16.0. The molecular formula is C15H26N2O2. The van der Waals surface area contributed by atoms with Crippen LogP contribution in [0.15, 0.2) is 24.3 Å². The minimum atomic E-state index is -0.192. The molecule has 0 bridgehead atoms. The lowest BCUT2D eigenvalue weighted by Gasteiger charge is -2.26. The average molecular weight is 266 g/mol. The van der Waals surface area contributed by atoms with Crippen molar-refractivity contribution < 1.29 is 9.47 Å². The maximum Gasteiger partial charge on any atom is 0.124 e. The summed E-state index contributed by atoms with van der Waals surface area (Å²) in [6.45, 7) is 10.6. The lowest BCUT2D eigenvalue weighted by molar-refractivity contribution is -0.0152. The Labute approximate surface area is 116 Å². The van der Waals surface area contributed by atoms with Gasteiger partial charge >= 0.3 is 0 Å². The van der Waals surface area contributed by atoms with Crippen molar-refractivity contribution in [3.05, 3.63) is 29.8 Å². The topological polar surface area (TPSA) is 56.5 Å². The zero-order valence-electron chi connectivity index (χ0n) is 12.6. The van der Waals surface area contributed by atoms with Crippen molar-refractivity contribution >= 4 is 0 Å². The minimum Gasteiger partial charge on any atom is -0.491 e. The summed E-state index contributed by atoms with van der Waals surface area (Å²) in [5.41, 5.74) is 3.62. The molecule has 4 nitrogen and oxygen atoms in total. The summed E-state index contributed by atoms with van der Waals surface area (Å²) in [6.07, 6.45) is 0.128. The van der Waals surface area contributed by atoms with Gasteiger partial charge in [-0.1, -0.05) is 18.2 Å². The first-order chi connectivity index (χ1) is 8.83. The summed E-state index contributed by atoms with van der Waals surface area (Å²) in [6, 6.07) is 7.81. The van der Waals surface area contributed by atoms with Crippen molar-refractivity contribution in [1.29, 1.82) is 0 Å². The number of ether oxygens (including phenoxy) is 2. The van der Waals surface area contributed by atoms with Crippen molar-refractivity contribution in [1.82, 2.24) is 5.43 Å². The average Bonchev–Trinajstić information content (AvgIpc) is 2.29. The molecule has 19 heavy (non-hydrogen) atoms. The maximum atomic E-state index is 5.81. The van der Waals surface area contributed by atoms with E-state index in [2.05, 4.69) is 5.43 Å². The Kier molecular flexibility index (Phi) is 5.79. The summed E-state index contributed by atoms with van der Waals surface area (Å²) in [7, 11) is 0. The molecule has 0 heterocycles. The third-order valence-electron chi connectivity index (χ3n) is 2.54. The number of hydrogen-bond donors (Lipinski definition) is 2. The van der Waals surface area contributed by atoms with Crippen LogP contribution >= 0.6 is 0 Å². The number of para-hydroxylation sites is 1. The Morgan fingerprint density at radius 3 is 2.37 bits per heavy atom. The predicted octanol–water partition coefficient (Wildman–Crippen LogP) is 2.79. The first-order valence-corrected chi connectivity index (χ1v) is 6.69. The number of nitrogens with two attached hydrogens (primary N) is 1. The Balaban J connectivity index is 2.85. The van der Waals surface area contributed by atoms with Gasteiger partial charge in [0.05, 0.1) is 24.4 Å². The number of nitrogens with one attached hydrogen (secondary N) is 1. The van der Waals surface area contributed by atoms with Crippen molar-refractivity contribution in [2.45, 2.75) is 52.4 Å². The SMILES string of the molecule is CC(C)Oc1ccccc1C(COC(C)(C)C)NN.